The van der Waals surface area contributed by atoms with E-state index in [1.165, 1.54) is 0 Å². The second-order valence-electron chi connectivity index (χ2n) is 20.6. The average Bonchev–Trinajstić information content (AvgIpc) is 4.12. The number of carbonyl (C=O) groups excluding carboxylic acids is 5. The summed E-state index contributed by atoms with van der Waals surface area (Å²) in [6, 6.07) is 16.3. The molecule has 3 atom stereocenters. The number of benzene rings is 3. The molecule has 0 saturated carbocycles. The molecule has 400 valence electrons. The maximum absolute atomic E-state index is 14.5. The van der Waals surface area contributed by atoms with Gasteiger partial charge in [0.2, 0.25) is 17.7 Å². The number of nitrogens with two attached hydrogens (primary N) is 1. The van der Waals surface area contributed by atoms with Gasteiger partial charge in [0.25, 0.3) is 11.8 Å². The van der Waals surface area contributed by atoms with Gasteiger partial charge < -0.3 is 59.4 Å². The van der Waals surface area contributed by atoms with E-state index >= 15 is 0 Å². The minimum atomic E-state index is -0.932. The predicted molar refractivity (Wildman–Crippen MR) is 285 cm³/mol. The summed E-state index contributed by atoms with van der Waals surface area (Å²) in [5.41, 5.74) is 6.23. The number of morpholine rings is 1. The zero-order chi connectivity index (χ0) is 53.3. The first-order chi connectivity index (χ1) is 35.3. The number of anilines is 2. The molecule has 0 aliphatic carbocycles. The smallest absolute Gasteiger partial charge is 0.274 e. The number of aromatic amines is 2. The van der Waals surface area contributed by atoms with Crippen LogP contribution in [0.2, 0.25) is 0 Å². The van der Waals surface area contributed by atoms with Crippen molar-refractivity contribution in [1.29, 1.82) is 0 Å². The van der Waals surface area contributed by atoms with Crippen LogP contribution in [-0.2, 0) is 35.2 Å². The van der Waals surface area contributed by atoms with Gasteiger partial charge in [-0.05, 0) is 93.1 Å². The largest absolute Gasteiger partial charge is 0.491 e. The third kappa shape index (κ3) is 13.4. The summed E-state index contributed by atoms with van der Waals surface area (Å²) in [4.78, 5) is 78.9. The summed E-state index contributed by atoms with van der Waals surface area (Å²) >= 11 is 6.66. The second kappa shape index (κ2) is 24.4. The van der Waals surface area contributed by atoms with Gasteiger partial charge in [-0.3, -0.25) is 35.2 Å². The van der Waals surface area contributed by atoms with Crippen molar-refractivity contribution in [3.63, 3.8) is 0 Å². The number of hydrazine groups is 1. The third-order valence-corrected chi connectivity index (χ3v) is 14.0. The molecule has 20 heteroatoms. The van der Waals surface area contributed by atoms with Crippen LogP contribution < -0.4 is 41.6 Å². The third-order valence-electron chi connectivity index (χ3n) is 13.6. The van der Waals surface area contributed by atoms with E-state index in [4.69, 9.17) is 41.1 Å². The van der Waals surface area contributed by atoms with Crippen molar-refractivity contribution >= 4 is 74.3 Å². The van der Waals surface area contributed by atoms with Gasteiger partial charge >= 0.3 is 0 Å². The van der Waals surface area contributed by atoms with E-state index < -0.39 is 34.9 Å². The number of hydrogen-bond donors (Lipinski definition) is 7. The standard InChI is InChI=1S/C54H72ClN9O10/c1-32(2)46(62-52(69)53(4,5)16-20-74-54(6,7)15-17-57-56)49(66)58-33(3)48(65)59-37-11-9-34(10-12-37)31-73-44-28-43-45(39-27-42(61-47(39)44)50(67)63-18-21-71-22-19-63)36(29-55)30-64(43)51(68)41-26-35-25-38(72-24-23-70-8)13-14-40(35)60-41/h9-14,25-28,32-33,36,46,57,60-61H,15-24,29-31,56H2,1-8H3,(H,58,66)(H,59,65)(H,62,69)/t33-,36+,46-/m0/s1. The fourth-order valence-corrected chi connectivity index (χ4v) is 9.25. The fourth-order valence-electron chi connectivity index (χ4n) is 9.00. The number of halogens is 1. The normalized spacial score (nSPS) is 15.8. The molecule has 1 saturated heterocycles. The van der Waals surface area contributed by atoms with E-state index in [-0.39, 0.29) is 42.0 Å². The molecule has 5 aromatic rings. The van der Waals surface area contributed by atoms with E-state index in [0.29, 0.717) is 112 Å². The summed E-state index contributed by atoms with van der Waals surface area (Å²) in [5.74, 6) is 4.57. The molecule has 74 heavy (non-hydrogen) atoms. The Kier molecular flexibility index (Phi) is 18.3. The van der Waals surface area contributed by atoms with Crippen molar-refractivity contribution in [3.8, 4) is 11.5 Å². The van der Waals surface area contributed by atoms with Crippen LogP contribution in [0.3, 0.4) is 0 Å². The van der Waals surface area contributed by atoms with Gasteiger partial charge in [-0.15, -0.1) is 11.6 Å². The number of rotatable bonds is 24. The SMILES string of the molecule is COCCOc1ccc2[nH]c(C(=O)N3C[C@@H](CCl)c4c3cc(OCc3ccc(NC(=O)[C@H](C)NC(=O)[C@@H](NC(=O)C(C)(C)CCOC(C)(C)CCNN)C(C)C)cc3)c3[nH]c(C(=O)N5CCOCC5)cc43)cc2c1. The first kappa shape index (κ1) is 55.5. The maximum atomic E-state index is 14.5. The van der Waals surface area contributed by atoms with Gasteiger partial charge in [0.05, 0.1) is 36.6 Å². The highest BCUT2D eigenvalue weighted by molar-refractivity contribution is 6.19. The lowest BCUT2D eigenvalue weighted by molar-refractivity contribution is -0.137. The molecule has 0 radical (unpaired) electrons. The van der Waals surface area contributed by atoms with Crippen LogP contribution >= 0.6 is 11.6 Å². The van der Waals surface area contributed by atoms with E-state index in [0.717, 1.165) is 27.4 Å². The zero-order valence-corrected chi connectivity index (χ0v) is 44.5. The van der Waals surface area contributed by atoms with Crippen molar-refractivity contribution in [3.05, 3.63) is 83.2 Å². The molecule has 0 bridgehead atoms. The summed E-state index contributed by atoms with van der Waals surface area (Å²) in [7, 11) is 1.61. The van der Waals surface area contributed by atoms with Crippen LogP contribution in [0.5, 0.6) is 11.5 Å². The quantitative estimate of drug-likeness (QED) is 0.0155. The number of carbonyl (C=O) groups is 5. The molecule has 5 amide bonds. The summed E-state index contributed by atoms with van der Waals surface area (Å²) in [5, 5.41) is 10.1. The van der Waals surface area contributed by atoms with E-state index in [9.17, 15) is 24.0 Å². The Labute approximate surface area is 437 Å². The van der Waals surface area contributed by atoms with E-state index in [1.807, 2.05) is 84.0 Å². The van der Waals surface area contributed by atoms with Gasteiger partial charge in [0.15, 0.2) is 0 Å². The number of fused-ring (bicyclic) bond motifs is 4. The Bertz CT molecular complexity index is 2790. The summed E-state index contributed by atoms with van der Waals surface area (Å²) in [6.45, 7) is 16.8. The lowest BCUT2D eigenvalue weighted by Crippen LogP contribution is -2.55. The number of nitrogens with zero attached hydrogens (tertiary/aromatic N) is 2. The average molecular weight is 1040 g/mol. The molecule has 2 aliphatic rings. The van der Waals surface area contributed by atoms with Crippen LogP contribution in [0.4, 0.5) is 11.4 Å². The molecule has 3 aromatic carbocycles. The number of ether oxygens (including phenoxy) is 5. The predicted octanol–water partition coefficient (Wildman–Crippen LogP) is 6.36. The Morgan fingerprint density at radius 3 is 2.27 bits per heavy atom. The minimum absolute atomic E-state index is 0.0979. The van der Waals surface area contributed by atoms with Crippen molar-refractivity contribution in [2.75, 3.05) is 82.4 Å². The molecular formula is C54H72ClN9O10. The lowest BCUT2D eigenvalue weighted by Gasteiger charge is -2.31. The summed E-state index contributed by atoms with van der Waals surface area (Å²) in [6.07, 6.45) is 1.12. The highest BCUT2D eigenvalue weighted by atomic mass is 35.5. The molecule has 19 nitrogen and oxygen atoms in total. The molecular weight excluding hydrogens is 970 g/mol. The van der Waals surface area contributed by atoms with E-state index in [2.05, 4.69) is 31.3 Å². The maximum Gasteiger partial charge on any atom is 0.274 e. The molecule has 2 aromatic heterocycles. The van der Waals surface area contributed by atoms with Gasteiger partial charge in [-0.1, -0.05) is 39.8 Å². The second-order valence-corrected chi connectivity index (χ2v) is 20.9. The molecule has 0 spiro atoms. The Balaban J connectivity index is 1.03. The first-order valence-electron chi connectivity index (χ1n) is 25.2. The van der Waals surface area contributed by atoms with Gasteiger partial charge in [-0.2, -0.15) is 0 Å². The molecule has 0 unspecified atom stereocenters. The molecule has 2 aliphatic heterocycles. The van der Waals surface area contributed by atoms with Crippen LogP contribution in [0.25, 0.3) is 21.8 Å². The number of aromatic nitrogens is 2. The van der Waals surface area contributed by atoms with Crippen molar-refractivity contribution < 1.29 is 47.7 Å². The highest BCUT2D eigenvalue weighted by Crippen LogP contribution is 2.47. The molecule has 8 N–H and O–H groups in total. The molecule has 7 rings (SSSR count). The fraction of sp³-hybridized carbons (Fsp3) is 0.500. The molecule has 1 fully saturated rings. The topological polar surface area (TPSA) is 244 Å². The lowest BCUT2D eigenvalue weighted by atomic mass is 9.87. The Morgan fingerprint density at radius 1 is 0.851 bits per heavy atom. The highest BCUT2D eigenvalue weighted by Gasteiger charge is 2.38. The number of hydrogen-bond acceptors (Lipinski definition) is 12. The number of amides is 5. The Hall–Kier alpha value is -6.22. The van der Waals surface area contributed by atoms with Crippen molar-refractivity contribution in [2.24, 2.45) is 17.2 Å². The van der Waals surface area contributed by atoms with Crippen LogP contribution in [0.15, 0.2) is 60.7 Å². The van der Waals surface area contributed by atoms with Gasteiger partial charge in [-0.25, -0.2) is 0 Å². The van der Waals surface area contributed by atoms with E-state index in [1.54, 1.807) is 42.0 Å². The number of alkyl halides is 1. The van der Waals surface area contributed by atoms with Gasteiger partial charge in [0.1, 0.15) is 48.2 Å². The summed E-state index contributed by atoms with van der Waals surface area (Å²) < 4.78 is 29.0. The monoisotopic (exact) mass is 1040 g/mol. The molecule has 4 heterocycles. The minimum Gasteiger partial charge on any atom is -0.491 e. The van der Waals surface area contributed by atoms with Crippen LogP contribution in [0, 0.1) is 11.3 Å². The van der Waals surface area contributed by atoms with Gasteiger partial charge in [0, 0.05) is 85.2 Å². The van der Waals surface area contributed by atoms with Crippen molar-refractivity contribution in [2.45, 2.75) is 91.5 Å². The number of nitrogens with one attached hydrogen (secondary N) is 6. The Morgan fingerprint density at radius 2 is 1.58 bits per heavy atom. The number of methoxy groups -OCH3 is 1. The zero-order valence-electron chi connectivity index (χ0n) is 43.7. The van der Waals surface area contributed by atoms with Crippen molar-refractivity contribution in [1.82, 2.24) is 30.9 Å². The first-order valence-corrected chi connectivity index (χ1v) is 25.8. The van der Waals surface area contributed by atoms with Crippen LogP contribution in [-0.4, -0.2) is 134 Å². The van der Waals surface area contributed by atoms with Crippen LogP contribution in [0.1, 0.15) is 99.3 Å². The number of H-pyrrole nitrogens is 2.